The summed E-state index contributed by atoms with van der Waals surface area (Å²) in [5, 5.41) is 4.98. The Labute approximate surface area is 212 Å². The van der Waals surface area contributed by atoms with Gasteiger partial charge in [0.1, 0.15) is 17.9 Å². The summed E-state index contributed by atoms with van der Waals surface area (Å²) in [6.07, 6.45) is 1.57. The number of benzene rings is 4. The van der Waals surface area contributed by atoms with Gasteiger partial charge in [-0.25, -0.2) is 0 Å². The largest absolute Gasteiger partial charge is 0.488 e. The molecule has 1 heterocycles. The molecule has 0 unspecified atom stereocenters. The first kappa shape index (κ1) is 22.8. The van der Waals surface area contributed by atoms with Crippen LogP contribution in [0.1, 0.15) is 11.1 Å². The van der Waals surface area contributed by atoms with E-state index in [1.165, 1.54) is 4.90 Å². The van der Waals surface area contributed by atoms with Crippen LogP contribution in [0.25, 0.3) is 16.8 Å². The van der Waals surface area contributed by atoms with Crippen LogP contribution in [-0.2, 0) is 16.2 Å². The lowest BCUT2D eigenvalue weighted by atomic mass is 9.99. The second-order valence-electron chi connectivity index (χ2n) is 7.91. The molecule has 5 nitrogen and oxygen atoms in total. The number of hydrogen-bond donors (Lipinski definition) is 1. The van der Waals surface area contributed by atoms with Crippen molar-refractivity contribution in [3.63, 3.8) is 0 Å². The van der Waals surface area contributed by atoms with Gasteiger partial charge in [-0.2, -0.15) is 0 Å². The highest BCUT2D eigenvalue weighted by molar-refractivity contribution is 7.80. The van der Waals surface area contributed by atoms with Crippen molar-refractivity contribution in [3.8, 4) is 5.75 Å². The Hall–Kier alpha value is -4.00. The minimum Gasteiger partial charge on any atom is -0.488 e. The minimum absolute atomic E-state index is 0.0120. The molecule has 4 aromatic carbocycles. The second kappa shape index (κ2) is 9.70. The van der Waals surface area contributed by atoms with Gasteiger partial charge in [-0.15, -0.1) is 0 Å². The molecule has 0 saturated carbocycles. The van der Waals surface area contributed by atoms with Gasteiger partial charge >= 0.3 is 0 Å². The summed E-state index contributed by atoms with van der Waals surface area (Å²) in [7, 11) is 0. The van der Waals surface area contributed by atoms with E-state index in [-0.39, 0.29) is 10.7 Å². The van der Waals surface area contributed by atoms with Gasteiger partial charge in [0.2, 0.25) is 0 Å². The average molecular weight is 499 g/mol. The zero-order valence-corrected chi connectivity index (χ0v) is 20.0. The van der Waals surface area contributed by atoms with Gasteiger partial charge in [-0.3, -0.25) is 19.8 Å². The molecule has 0 bridgehead atoms. The quantitative estimate of drug-likeness (QED) is 0.211. The van der Waals surface area contributed by atoms with Crippen molar-refractivity contribution >= 4 is 63.3 Å². The first-order chi connectivity index (χ1) is 17.0. The molecule has 2 amide bonds. The fourth-order valence-electron chi connectivity index (χ4n) is 3.91. The zero-order valence-electron chi connectivity index (χ0n) is 18.4. The summed E-state index contributed by atoms with van der Waals surface area (Å²) in [6.45, 7) is 0.344. The molecule has 172 valence electrons. The van der Waals surface area contributed by atoms with Gasteiger partial charge in [0.25, 0.3) is 11.8 Å². The molecule has 7 heteroatoms. The summed E-state index contributed by atoms with van der Waals surface area (Å²) in [6, 6.07) is 28.0. The number of amides is 2. The number of nitrogens with zero attached hydrogens (tertiary/aromatic N) is 1. The third kappa shape index (κ3) is 4.67. The lowest BCUT2D eigenvalue weighted by Crippen LogP contribution is -2.54. The Balaban J connectivity index is 1.58. The smallest absolute Gasteiger partial charge is 0.270 e. The molecule has 0 atom stereocenters. The molecule has 0 aromatic heterocycles. The molecule has 5 rings (SSSR count). The number of nitrogens with one attached hydrogen (secondary N) is 1. The van der Waals surface area contributed by atoms with Crippen molar-refractivity contribution in [2.75, 3.05) is 4.90 Å². The van der Waals surface area contributed by atoms with Gasteiger partial charge in [0, 0.05) is 10.6 Å². The fourth-order valence-corrected chi connectivity index (χ4v) is 4.32. The van der Waals surface area contributed by atoms with Crippen LogP contribution >= 0.6 is 23.8 Å². The lowest BCUT2D eigenvalue weighted by molar-refractivity contribution is -0.122. The molecule has 0 radical (unpaired) electrons. The van der Waals surface area contributed by atoms with Gasteiger partial charge < -0.3 is 4.74 Å². The molecule has 4 aromatic rings. The van der Waals surface area contributed by atoms with E-state index in [2.05, 4.69) is 5.32 Å². The molecule has 35 heavy (non-hydrogen) atoms. The summed E-state index contributed by atoms with van der Waals surface area (Å²) in [5.41, 5.74) is 2.11. The van der Waals surface area contributed by atoms with E-state index in [0.717, 1.165) is 16.3 Å². The van der Waals surface area contributed by atoms with E-state index < -0.39 is 11.8 Å². The Morgan fingerprint density at radius 3 is 2.37 bits per heavy atom. The Morgan fingerprint density at radius 1 is 0.886 bits per heavy atom. The van der Waals surface area contributed by atoms with Crippen molar-refractivity contribution in [1.82, 2.24) is 5.32 Å². The molecule has 1 N–H and O–H groups in total. The van der Waals surface area contributed by atoms with E-state index >= 15 is 0 Å². The standard InChI is InChI=1S/C28H19ClN2O3S/c29-20-11-13-21(14-12-20)31-27(33)24(26(32)30-28(31)35)16-23-22-9-5-4-8-19(22)10-15-25(23)34-17-18-6-2-1-3-7-18/h1-16H,17H2,(H,30,32,35). The lowest BCUT2D eigenvalue weighted by Gasteiger charge is -2.29. The fraction of sp³-hybridized carbons (Fsp3) is 0.0357. The molecule has 0 spiro atoms. The summed E-state index contributed by atoms with van der Waals surface area (Å²) in [5.74, 6) is -0.526. The van der Waals surface area contributed by atoms with E-state index in [1.54, 1.807) is 30.3 Å². The first-order valence-electron chi connectivity index (χ1n) is 10.9. The first-order valence-corrected chi connectivity index (χ1v) is 11.7. The summed E-state index contributed by atoms with van der Waals surface area (Å²) < 4.78 is 6.15. The van der Waals surface area contributed by atoms with E-state index in [4.69, 9.17) is 28.6 Å². The monoisotopic (exact) mass is 498 g/mol. The molecule has 1 fully saturated rings. The summed E-state index contributed by atoms with van der Waals surface area (Å²) in [4.78, 5) is 27.7. The predicted molar refractivity (Wildman–Crippen MR) is 142 cm³/mol. The van der Waals surface area contributed by atoms with Crippen LogP contribution in [0.15, 0.2) is 96.6 Å². The van der Waals surface area contributed by atoms with E-state index in [1.807, 2.05) is 66.7 Å². The number of carbonyl (C=O) groups excluding carboxylic acids is 2. The van der Waals surface area contributed by atoms with Crippen molar-refractivity contribution in [2.45, 2.75) is 6.61 Å². The second-order valence-corrected chi connectivity index (χ2v) is 8.73. The van der Waals surface area contributed by atoms with E-state index in [0.29, 0.717) is 28.6 Å². The van der Waals surface area contributed by atoms with Gasteiger partial charge in [0.05, 0.1) is 5.69 Å². The maximum Gasteiger partial charge on any atom is 0.270 e. The van der Waals surface area contributed by atoms with Crippen LogP contribution in [-0.4, -0.2) is 16.9 Å². The van der Waals surface area contributed by atoms with Gasteiger partial charge in [-0.05, 0) is 65.0 Å². The Kier molecular flexibility index (Phi) is 6.31. The maximum atomic E-state index is 13.5. The third-order valence-electron chi connectivity index (χ3n) is 5.64. The van der Waals surface area contributed by atoms with Crippen molar-refractivity contribution < 1.29 is 14.3 Å². The normalized spacial score (nSPS) is 14.9. The third-order valence-corrected chi connectivity index (χ3v) is 6.18. The number of halogens is 1. The molecule has 0 aliphatic carbocycles. The van der Waals surface area contributed by atoms with Crippen LogP contribution in [0.3, 0.4) is 0 Å². The number of anilines is 1. The van der Waals surface area contributed by atoms with Crippen LogP contribution in [0.5, 0.6) is 5.75 Å². The Morgan fingerprint density at radius 2 is 1.60 bits per heavy atom. The van der Waals surface area contributed by atoms with E-state index in [9.17, 15) is 9.59 Å². The molecule has 1 aliphatic rings. The number of fused-ring (bicyclic) bond motifs is 1. The maximum absolute atomic E-state index is 13.5. The number of ether oxygens (including phenoxy) is 1. The van der Waals surface area contributed by atoms with Crippen LogP contribution in [0, 0.1) is 0 Å². The number of carbonyl (C=O) groups is 2. The van der Waals surface area contributed by atoms with Gasteiger partial charge in [0.15, 0.2) is 5.11 Å². The zero-order chi connectivity index (χ0) is 24.4. The Bertz CT molecular complexity index is 1480. The molecular weight excluding hydrogens is 480 g/mol. The van der Waals surface area contributed by atoms with Crippen molar-refractivity contribution in [3.05, 3.63) is 113 Å². The molecule has 1 saturated heterocycles. The number of rotatable bonds is 5. The van der Waals surface area contributed by atoms with Gasteiger partial charge in [-0.1, -0.05) is 72.3 Å². The SMILES string of the molecule is O=C1NC(=S)N(c2ccc(Cl)cc2)C(=O)C1=Cc1c(OCc2ccccc2)ccc2ccccc12. The van der Waals surface area contributed by atoms with Crippen molar-refractivity contribution in [2.24, 2.45) is 0 Å². The van der Waals surface area contributed by atoms with Crippen LogP contribution in [0.2, 0.25) is 5.02 Å². The number of hydrogen-bond acceptors (Lipinski definition) is 4. The minimum atomic E-state index is -0.563. The molecule has 1 aliphatic heterocycles. The highest BCUT2D eigenvalue weighted by Crippen LogP contribution is 2.32. The number of thiocarbonyl (C=S) groups is 1. The van der Waals surface area contributed by atoms with Crippen LogP contribution < -0.4 is 15.0 Å². The highest BCUT2D eigenvalue weighted by atomic mass is 35.5. The average Bonchev–Trinajstić information content (AvgIpc) is 2.87. The highest BCUT2D eigenvalue weighted by Gasteiger charge is 2.34. The molecular formula is C28H19ClN2O3S. The predicted octanol–water partition coefficient (Wildman–Crippen LogP) is 5.90. The van der Waals surface area contributed by atoms with Crippen LogP contribution in [0.4, 0.5) is 5.69 Å². The topological polar surface area (TPSA) is 58.6 Å². The van der Waals surface area contributed by atoms with Crippen molar-refractivity contribution in [1.29, 1.82) is 0 Å². The summed E-state index contributed by atoms with van der Waals surface area (Å²) >= 11 is 11.3.